The van der Waals surface area contributed by atoms with E-state index in [1.54, 1.807) is 36.4 Å². The van der Waals surface area contributed by atoms with Crippen molar-refractivity contribution in [1.29, 1.82) is 0 Å². The molecule has 2 aromatic carbocycles. The van der Waals surface area contributed by atoms with Crippen LogP contribution in [0.3, 0.4) is 0 Å². The van der Waals surface area contributed by atoms with Crippen molar-refractivity contribution in [3.63, 3.8) is 0 Å². The zero-order valence-electron chi connectivity index (χ0n) is 11.7. The molecule has 1 aromatic heterocycles. The maximum Gasteiger partial charge on any atom is 0.259 e. The number of nitrogens with zero attached hydrogens (tertiary/aromatic N) is 2. The zero-order valence-corrected chi connectivity index (χ0v) is 16.4. The van der Waals surface area contributed by atoms with E-state index in [2.05, 4.69) is 31.4 Å². The predicted octanol–water partition coefficient (Wildman–Crippen LogP) is 6.18. The maximum absolute atomic E-state index is 12.3. The van der Waals surface area contributed by atoms with E-state index in [4.69, 9.17) is 34.8 Å². The van der Waals surface area contributed by atoms with Crippen LogP contribution in [0.4, 0.5) is 5.13 Å². The Bertz CT molecular complexity index is 932. The Morgan fingerprint density at radius 1 is 1.04 bits per heavy atom. The lowest BCUT2D eigenvalue weighted by molar-refractivity contribution is 0.102. The number of anilines is 1. The van der Waals surface area contributed by atoms with Gasteiger partial charge >= 0.3 is 0 Å². The lowest BCUT2D eigenvalue weighted by atomic mass is 10.2. The number of halogens is 4. The number of amides is 1. The molecule has 0 bridgehead atoms. The fourth-order valence-electron chi connectivity index (χ4n) is 1.88. The Labute approximate surface area is 164 Å². The molecule has 0 aliphatic heterocycles. The van der Waals surface area contributed by atoms with E-state index in [1.807, 2.05) is 0 Å². The zero-order chi connectivity index (χ0) is 17.3. The van der Waals surface area contributed by atoms with Crippen molar-refractivity contribution in [2.24, 2.45) is 0 Å². The van der Waals surface area contributed by atoms with Gasteiger partial charge in [-0.05, 0) is 36.4 Å². The topological polar surface area (TPSA) is 54.9 Å². The van der Waals surface area contributed by atoms with Crippen molar-refractivity contribution in [2.45, 2.75) is 0 Å². The van der Waals surface area contributed by atoms with Crippen LogP contribution in [0.2, 0.25) is 15.1 Å². The van der Waals surface area contributed by atoms with Crippen LogP contribution in [-0.4, -0.2) is 16.1 Å². The average Bonchev–Trinajstić information content (AvgIpc) is 2.97. The molecule has 0 aliphatic carbocycles. The Morgan fingerprint density at radius 2 is 1.83 bits per heavy atom. The average molecular weight is 464 g/mol. The van der Waals surface area contributed by atoms with Gasteiger partial charge in [-0.25, -0.2) is 0 Å². The number of rotatable bonds is 3. The molecule has 0 radical (unpaired) electrons. The molecule has 1 amide bonds. The van der Waals surface area contributed by atoms with Crippen molar-refractivity contribution in [3.8, 4) is 10.6 Å². The van der Waals surface area contributed by atoms with E-state index in [1.165, 1.54) is 11.3 Å². The summed E-state index contributed by atoms with van der Waals surface area (Å²) in [5.41, 5.74) is 1.03. The second-order valence-corrected chi connectivity index (χ2v) is 7.76. The first kappa shape index (κ1) is 17.6. The monoisotopic (exact) mass is 461 g/mol. The predicted molar refractivity (Wildman–Crippen MR) is 102 cm³/mol. The molecule has 122 valence electrons. The summed E-state index contributed by atoms with van der Waals surface area (Å²) in [6.07, 6.45) is 0. The van der Waals surface area contributed by atoms with Crippen molar-refractivity contribution in [3.05, 3.63) is 61.5 Å². The van der Waals surface area contributed by atoms with Crippen LogP contribution < -0.4 is 5.32 Å². The standard InChI is InChI=1S/C15H7BrCl3N3OS/c16-7-1-4-11(18)10(5-7)13(23)20-15-22-21-14(24-15)9-3-2-8(17)6-12(9)19/h1-6H,(H,20,22,23). The Balaban J connectivity index is 1.83. The van der Waals surface area contributed by atoms with Crippen LogP contribution >= 0.6 is 62.1 Å². The molecule has 0 saturated carbocycles. The summed E-state index contributed by atoms with van der Waals surface area (Å²) < 4.78 is 0.753. The summed E-state index contributed by atoms with van der Waals surface area (Å²) in [5.74, 6) is -0.369. The molecule has 0 atom stereocenters. The normalized spacial score (nSPS) is 10.7. The molecule has 0 saturated heterocycles. The van der Waals surface area contributed by atoms with Gasteiger partial charge in [-0.15, -0.1) is 10.2 Å². The molecule has 3 rings (SSSR count). The van der Waals surface area contributed by atoms with Gasteiger partial charge in [0.05, 0.1) is 15.6 Å². The third-order valence-electron chi connectivity index (χ3n) is 2.98. The van der Waals surface area contributed by atoms with Gasteiger partial charge in [-0.3, -0.25) is 10.1 Å². The third kappa shape index (κ3) is 3.90. The van der Waals surface area contributed by atoms with E-state index in [0.29, 0.717) is 36.3 Å². The van der Waals surface area contributed by atoms with Crippen molar-refractivity contribution in [2.75, 3.05) is 5.32 Å². The van der Waals surface area contributed by atoms with Gasteiger partial charge in [0.15, 0.2) is 5.01 Å². The smallest absolute Gasteiger partial charge is 0.259 e. The van der Waals surface area contributed by atoms with Gasteiger partial charge < -0.3 is 0 Å². The minimum atomic E-state index is -0.369. The van der Waals surface area contributed by atoms with Gasteiger partial charge in [0.2, 0.25) is 5.13 Å². The van der Waals surface area contributed by atoms with Crippen molar-refractivity contribution >= 4 is 73.1 Å². The molecule has 9 heteroatoms. The molecule has 0 spiro atoms. The maximum atomic E-state index is 12.3. The number of hydrogen-bond donors (Lipinski definition) is 1. The molecule has 24 heavy (non-hydrogen) atoms. The minimum Gasteiger partial charge on any atom is -0.296 e. The molecule has 1 heterocycles. The SMILES string of the molecule is O=C(Nc1nnc(-c2ccc(Cl)cc2Cl)s1)c1cc(Br)ccc1Cl. The van der Waals surface area contributed by atoms with Crippen LogP contribution in [0.15, 0.2) is 40.9 Å². The highest BCUT2D eigenvalue weighted by atomic mass is 79.9. The van der Waals surface area contributed by atoms with Gasteiger partial charge in [0.1, 0.15) is 0 Å². The summed E-state index contributed by atoms with van der Waals surface area (Å²) in [6.45, 7) is 0. The molecular weight excluding hydrogens is 457 g/mol. The Kier molecular flexibility index (Phi) is 5.42. The van der Waals surface area contributed by atoms with Crippen LogP contribution in [0, 0.1) is 0 Å². The largest absolute Gasteiger partial charge is 0.296 e. The number of carbonyl (C=O) groups is 1. The number of hydrogen-bond acceptors (Lipinski definition) is 4. The minimum absolute atomic E-state index is 0.340. The molecule has 3 aromatic rings. The first-order chi connectivity index (χ1) is 11.4. The van der Waals surface area contributed by atoms with Crippen LogP contribution in [0.5, 0.6) is 0 Å². The van der Waals surface area contributed by atoms with Crippen LogP contribution in [0.25, 0.3) is 10.6 Å². The number of benzene rings is 2. The second-order valence-electron chi connectivity index (χ2n) is 4.61. The summed E-state index contributed by atoms with van der Waals surface area (Å²) >= 11 is 22.6. The van der Waals surface area contributed by atoms with E-state index in [9.17, 15) is 4.79 Å². The fourth-order valence-corrected chi connectivity index (χ4v) is 3.78. The van der Waals surface area contributed by atoms with E-state index in [-0.39, 0.29) is 5.91 Å². The van der Waals surface area contributed by atoms with Crippen LogP contribution in [-0.2, 0) is 0 Å². The molecule has 0 unspecified atom stereocenters. The molecule has 0 aliphatic rings. The molecule has 1 N–H and O–H groups in total. The Morgan fingerprint density at radius 3 is 2.58 bits per heavy atom. The van der Waals surface area contributed by atoms with Crippen molar-refractivity contribution < 1.29 is 4.79 Å². The highest BCUT2D eigenvalue weighted by Crippen LogP contribution is 2.33. The van der Waals surface area contributed by atoms with Gasteiger partial charge in [-0.1, -0.05) is 62.1 Å². The number of carbonyl (C=O) groups excluding carboxylic acids is 1. The quantitative estimate of drug-likeness (QED) is 0.505. The Hall–Kier alpha value is -1.18. The first-order valence-electron chi connectivity index (χ1n) is 6.49. The van der Waals surface area contributed by atoms with E-state index in [0.717, 1.165) is 4.47 Å². The van der Waals surface area contributed by atoms with Gasteiger partial charge in [-0.2, -0.15) is 0 Å². The molecular formula is C15H7BrCl3N3OS. The number of nitrogens with one attached hydrogen (secondary N) is 1. The van der Waals surface area contributed by atoms with Crippen molar-refractivity contribution in [1.82, 2.24) is 10.2 Å². The first-order valence-corrected chi connectivity index (χ1v) is 9.23. The summed E-state index contributed by atoms with van der Waals surface area (Å²) in [7, 11) is 0. The summed E-state index contributed by atoms with van der Waals surface area (Å²) in [4.78, 5) is 12.3. The third-order valence-corrected chi connectivity index (χ3v) is 5.22. The summed E-state index contributed by atoms with van der Waals surface area (Å²) in [5, 5.41) is 13.0. The molecule has 4 nitrogen and oxygen atoms in total. The van der Waals surface area contributed by atoms with Crippen LogP contribution in [0.1, 0.15) is 10.4 Å². The van der Waals surface area contributed by atoms with E-state index >= 15 is 0 Å². The lowest BCUT2D eigenvalue weighted by Crippen LogP contribution is -2.12. The van der Waals surface area contributed by atoms with E-state index < -0.39 is 0 Å². The highest BCUT2D eigenvalue weighted by Gasteiger charge is 2.15. The summed E-state index contributed by atoms with van der Waals surface area (Å²) in [6, 6.07) is 10.1. The second kappa shape index (κ2) is 7.37. The van der Waals surface area contributed by atoms with Gasteiger partial charge in [0, 0.05) is 15.1 Å². The number of aromatic nitrogens is 2. The van der Waals surface area contributed by atoms with Gasteiger partial charge in [0.25, 0.3) is 5.91 Å². The lowest BCUT2D eigenvalue weighted by Gasteiger charge is -2.04. The fraction of sp³-hybridized carbons (Fsp3) is 0. The highest BCUT2D eigenvalue weighted by molar-refractivity contribution is 9.10. The molecule has 0 fully saturated rings.